The molecule has 2 atom stereocenters. The van der Waals surface area contributed by atoms with Crippen LogP contribution in [-0.4, -0.2) is 45.7 Å². The Morgan fingerprint density at radius 2 is 2.11 bits per heavy atom. The van der Waals surface area contributed by atoms with Crippen molar-refractivity contribution in [1.29, 1.82) is 0 Å². The van der Waals surface area contributed by atoms with Gasteiger partial charge in [-0.1, -0.05) is 11.6 Å². The molecule has 1 aromatic rings. The zero-order chi connectivity index (χ0) is 14.2. The number of aliphatic carboxylic acids is 1. The van der Waals surface area contributed by atoms with Gasteiger partial charge in [0.2, 0.25) is 0 Å². The molecule has 0 aromatic heterocycles. The summed E-state index contributed by atoms with van der Waals surface area (Å²) in [6, 6.07) is 2.32. The normalized spacial score (nSPS) is 22.6. The largest absolute Gasteiger partial charge is 0.480 e. The lowest BCUT2D eigenvalue weighted by Gasteiger charge is -2.21. The SMILES string of the molecule is O=C(O)[C@@H]1C[C@H](O)CN1C(=O)c1cc(Cl)ccc1F. The van der Waals surface area contributed by atoms with Crippen molar-refractivity contribution >= 4 is 23.5 Å². The Morgan fingerprint density at radius 3 is 2.74 bits per heavy atom. The topological polar surface area (TPSA) is 77.8 Å². The molecule has 0 saturated carbocycles. The predicted octanol–water partition coefficient (Wildman–Crippen LogP) is 1.14. The number of hydrogen-bond acceptors (Lipinski definition) is 3. The molecule has 1 saturated heterocycles. The second kappa shape index (κ2) is 5.14. The molecule has 0 radical (unpaired) electrons. The molecule has 0 aliphatic carbocycles. The number of carboxylic acids is 1. The van der Waals surface area contributed by atoms with E-state index >= 15 is 0 Å². The molecule has 5 nitrogen and oxygen atoms in total. The number of aliphatic hydroxyl groups is 1. The Bertz CT molecular complexity index is 536. The average molecular weight is 288 g/mol. The summed E-state index contributed by atoms with van der Waals surface area (Å²) in [5.41, 5.74) is -0.298. The van der Waals surface area contributed by atoms with Crippen LogP contribution in [0.5, 0.6) is 0 Å². The van der Waals surface area contributed by atoms with Gasteiger partial charge in [0, 0.05) is 18.0 Å². The first kappa shape index (κ1) is 13.8. The molecule has 102 valence electrons. The lowest BCUT2D eigenvalue weighted by molar-refractivity contribution is -0.141. The monoisotopic (exact) mass is 287 g/mol. The third-order valence-corrected chi connectivity index (χ3v) is 3.22. The minimum atomic E-state index is -1.23. The standard InChI is InChI=1S/C12H11ClFNO4/c13-6-1-2-9(14)8(3-6)11(17)15-5-7(16)4-10(15)12(18)19/h1-3,7,10,16H,4-5H2,(H,18,19)/t7-,10-/m0/s1. The van der Waals surface area contributed by atoms with Crippen molar-refractivity contribution in [2.24, 2.45) is 0 Å². The summed E-state index contributed by atoms with van der Waals surface area (Å²) in [6.45, 7) is -0.137. The molecular weight excluding hydrogens is 277 g/mol. The van der Waals surface area contributed by atoms with E-state index in [1.54, 1.807) is 0 Å². The lowest BCUT2D eigenvalue weighted by atomic mass is 10.1. The number of rotatable bonds is 2. The maximum atomic E-state index is 13.6. The fraction of sp³-hybridized carbons (Fsp3) is 0.333. The maximum absolute atomic E-state index is 13.6. The summed E-state index contributed by atoms with van der Waals surface area (Å²) in [5, 5.41) is 18.6. The third kappa shape index (κ3) is 2.69. The quantitative estimate of drug-likeness (QED) is 0.855. The van der Waals surface area contributed by atoms with Crippen LogP contribution in [0.4, 0.5) is 4.39 Å². The van der Waals surface area contributed by atoms with Gasteiger partial charge >= 0.3 is 5.97 Å². The van der Waals surface area contributed by atoms with Crippen molar-refractivity contribution in [1.82, 2.24) is 4.90 Å². The molecule has 1 aliphatic rings. The van der Waals surface area contributed by atoms with E-state index in [1.165, 1.54) is 6.07 Å². The average Bonchev–Trinajstić information content (AvgIpc) is 2.74. The highest BCUT2D eigenvalue weighted by Gasteiger charge is 2.39. The Kier molecular flexibility index (Phi) is 3.73. The van der Waals surface area contributed by atoms with E-state index in [0.29, 0.717) is 0 Å². The van der Waals surface area contributed by atoms with Crippen LogP contribution in [0.1, 0.15) is 16.8 Å². The van der Waals surface area contributed by atoms with E-state index in [9.17, 15) is 19.1 Å². The second-order valence-electron chi connectivity index (χ2n) is 4.33. The Labute approximate surface area is 113 Å². The Morgan fingerprint density at radius 1 is 1.42 bits per heavy atom. The lowest BCUT2D eigenvalue weighted by Crippen LogP contribution is -2.40. The highest BCUT2D eigenvalue weighted by atomic mass is 35.5. The predicted molar refractivity (Wildman–Crippen MR) is 64.5 cm³/mol. The summed E-state index contributed by atoms with van der Waals surface area (Å²) in [7, 11) is 0. The van der Waals surface area contributed by atoms with E-state index in [0.717, 1.165) is 17.0 Å². The zero-order valence-electron chi connectivity index (χ0n) is 9.72. The third-order valence-electron chi connectivity index (χ3n) is 2.98. The van der Waals surface area contributed by atoms with Gasteiger partial charge in [0.15, 0.2) is 0 Å². The molecule has 0 bridgehead atoms. The van der Waals surface area contributed by atoms with E-state index in [1.807, 2.05) is 0 Å². The van der Waals surface area contributed by atoms with Crippen LogP contribution in [0.25, 0.3) is 0 Å². The molecule has 1 aromatic carbocycles. The summed E-state index contributed by atoms with van der Waals surface area (Å²) >= 11 is 5.69. The van der Waals surface area contributed by atoms with Gasteiger partial charge in [0.05, 0.1) is 11.7 Å². The van der Waals surface area contributed by atoms with Crippen LogP contribution in [0.3, 0.4) is 0 Å². The second-order valence-corrected chi connectivity index (χ2v) is 4.76. The number of benzene rings is 1. The number of hydrogen-bond donors (Lipinski definition) is 2. The molecule has 0 unspecified atom stereocenters. The molecule has 19 heavy (non-hydrogen) atoms. The highest BCUT2D eigenvalue weighted by Crippen LogP contribution is 2.23. The van der Waals surface area contributed by atoms with Crippen LogP contribution >= 0.6 is 11.6 Å². The highest BCUT2D eigenvalue weighted by molar-refractivity contribution is 6.31. The Hall–Kier alpha value is -1.66. The van der Waals surface area contributed by atoms with Crippen molar-refractivity contribution in [3.05, 3.63) is 34.6 Å². The molecule has 0 spiro atoms. The smallest absolute Gasteiger partial charge is 0.326 e. The van der Waals surface area contributed by atoms with Gasteiger partial charge in [-0.3, -0.25) is 4.79 Å². The van der Waals surface area contributed by atoms with Gasteiger partial charge in [-0.25, -0.2) is 9.18 Å². The fourth-order valence-corrected chi connectivity index (χ4v) is 2.26. The minimum absolute atomic E-state index is 0.0662. The number of β-amino-alcohol motifs (C(OH)–C–C–N with tert-alkyl or cyclic N) is 1. The minimum Gasteiger partial charge on any atom is -0.480 e. The first-order valence-corrected chi connectivity index (χ1v) is 5.95. The fourth-order valence-electron chi connectivity index (χ4n) is 2.09. The molecule has 1 fully saturated rings. The summed E-state index contributed by atoms with van der Waals surface area (Å²) in [6.07, 6.45) is -0.990. The molecule has 1 heterocycles. The van der Waals surface area contributed by atoms with Gasteiger partial charge in [-0.05, 0) is 18.2 Å². The summed E-state index contributed by atoms with van der Waals surface area (Å²) in [4.78, 5) is 24.1. The Balaban J connectivity index is 2.33. The van der Waals surface area contributed by atoms with Gasteiger partial charge in [-0.2, -0.15) is 0 Å². The van der Waals surface area contributed by atoms with Crippen LogP contribution in [0.2, 0.25) is 5.02 Å². The van der Waals surface area contributed by atoms with Crippen LogP contribution in [0, 0.1) is 5.82 Å². The zero-order valence-corrected chi connectivity index (χ0v) is 10.5. The van der Waals surface area contributed by atoms with E-state index < -0.39 is 29.8 Å². The first-order valence-electron chi connectivity index (χ1n) is 5.57. The number of halogens is 2. The van der Waals surface area contributed by atoms with E-state index in [2.05, 4.69) is 0 Å². The number of carbonyl (C=O) groups excluding carboxylic acids is 1. The van der Waals surface area contributed by atoms with Gasteiger partial charge in [0.25, 0.3) is 5.91 Å². The van der Waals surface area contributed by atoms with Crippen molar-refractivity contribution in [3.8, 4) is 0 Å². The molecular formula is C12H11ClFNO4. The van der Waals surface area contributed by atoms with Crippen LogP contribution in [0.15, 0.2) is 18.2 Å². The van der Waals surface area contributed by atoms with Gasteiger partial charge in [-0.15, -0.1) is 0 Å². The number of likely N-dealkylation sites (tertiary alicyclic amines) is 1. The van der Waals surface area contributed by atoms with Crippen LogP contribution < -0.4 is 0 Å². The van der Waals surface area contributed by atoms with Crippen molar-refractivity contribution in [3.63, 3.8) is 0 Å². The van der Waals surface area contributed by atoms with Crippen molar-refractivity contribution in [2.45, 2.75) is 18.6 Å². The van der Waals surface area contributed by atoms with E-state index in [4.69, 9.17) is 16.7 Å². The number of nitrogens with zero attached hydrogens (tertiary/aromatic N) is 1. The summed E-state index contributed by atoms with van der Waals surface area (Å²) in [5.74, 6) is -2.80. The van der Waals surface area contributed by atoms with Gasteiger partial charge in [0.1, 0.15) is 11.9 Å². The van der Waals surface area contributed by atoms with Crippen molar-refractivity contribution in [2.75, 3.05) is 6.54 Å². The molecule has 1 aliphatic heterocycles. The molecule has 1 amide bonds. The number of amides is 1. The number of aliphatic hydroxyl groups excluding tert-OH is 1. The van der Waals surface area contributed by atoms with Crippen molar-refractivity contribution < 1.29 is 24.2 Å². The van der Waals surface area contributed by atoms with E-state index in [-0.39, 0.29) is 23.6 Å². The molecule has 2 N–H and O–H groups in total. The van der Waals surface area contributed by atoms with Gasteiger partial charge < -0.3 is 15.1 Å². The molecule has 2 rings (SSSR count). The van der Waals surface area contributed by atoms with Crippen LogP contribution in [-0.2, 0) is 4.79 Å². The molecule has 7 heteroatoms. The first-order chi connectivity index (χ1) is 8.90. The summed E-state index contributed by atoms with van der Waals surface area (Å²) < 4.78 is 13.6. The maximum Gasteiger partial charge on any atom is 0.326 e. The number of carbonyl (C=O) groups is 2. The number of carboxylic acid groups (broad SMARTS) is 1.